The Morgan fingerprint density at radius 3 is 2.00 bits per heavy atom. The Labute approximate surface area is 149 Å². The van der Waals surface area contributed by atoms with Crippen LogP contribution in [-0.4, -0.2) is 45.5 Å². The fraction of sp³-hybridized carbons (Fsp3) is 0.429. The normalized spacial score (nSPS) is 22.0. The summed E-state index contributed by atoms with van der Waals surface area (Å²) in [7, 11) is 0. The van der Waals surface area contributed by atoms with Crippen molar-refractivity contribution in [3.05, 3.63) is 65.3 Å². The third-order valence-electron chi connectivity index (χ3n) is 5.20. The first-order valence-electron chi connectivity index (χ1n) is 9.00. The molecule has 134 valence electrons. The first-order chi connectivity index (χ1) is 12.0. The van der Waals surface area contributed by atoms with Gasteiger partial charge in [-0.15, -0.1) is 0 Å². The highest BCUT2D eigenvalue weighted by atomic mass is 16.3. The molecule has 1 aliphatic heterocycles. The van der Waals surface area contributed by atoms with Gasteiger partial charge < -0.3 is 15.3 Å². The van der Waals surface area contributed by atoms with Crippen molar-refractivity contribution in [2.75, 3.05) is 13.1 Å². The van der Waals surface area contributed by atoms with Crippen molar-refractivity contribution in [3.63, 3.8) is 0 Å². The van der Waals surface area contributed by atoms with Crippen LogP contribution >= 0.6 is 0 Å². The largest absolute Gasteiger partial charge is 0.508 e. The van der Waals surface area contributed by atoms with Gasteiger partial charge in [0, 0.05) is 19.1 Å². The van der Waals surface area contributed by atoms with Crippen LogP contribution in [0, 0.1) is 0 Å². The number of piperidine rings is 1. The molecule has 1 aromatic carbocycles. The van der Waals surface area contributed by atoms with Crippen LogP contribution in [0.15, 0.2) is 59.7 Å². The Morgan fingerprint density at radius 2 is 1.56 bits per heavy atom. The molecule has 1 saturated heterocycles. The standard InChI is InChI=1S/C14H21NO3.C7H6/c1-10(15-8-6-13(17)7-9-15)14(18)11-2-4-12(16)5-3-11;1-2-7-4-3-6(1)5-7/h2-5,10,13-14,16-18H,6-9H2,1H3;1-4H,5H2/t10-,14+;/m0./s1. The van der Waals surface area contributed by atoms with Gasteiger partial charge in [-0.05, 0) is 55.0 Å². The number of aliphatic hydroxyl groups excluding tert-OH is 2. The van der Waals surface area contributed by atoms with Crippen LogP contribution in [0.2, 0.25) is 0 Å². The fourth-order valence-corrected chi connectivity index (χ4v) is 3.45. The van der Waals surface area contributed by atoms with Gasteiger partial charge in [0.15, 0.2) is 0 Å². The minimum absolute atomic E-state index is 0.0158. The number of hydrogen-bond acceptors (Lipinski definition) is 4. The van der Waals surface area contributed by atoms with Crippen molar-refractivity contribution in [3.8, 4) is 5.75 Å². The maximum absolute atomic E-state index is 10.3. The molecular formula is C21H27NO3. The molecule has 0 aromatic heterocycles. The molecule has 25 heavy (non-hydrogen) atoms. The second-order valence-corrected chi connectivity index (χ2v) is 7.04. The van der Waals surface area contributed by atoms with Gasteiger partial charge in [-0.1, -0.05) is 36.4 Å². The van der Waals surface area contributed by atoms with Gasteiger partial charge in [-0.3, -0.25) is 4.90 Å². The molecule has 0 radical (unpaired) electrons. The Morgan fingerprint density at radius 1 is 1.00 bits per heavy atom. The van der Waals surface area contributed by atoms with Crippen LogP contribution in [0.25, 0.3) is 0 Å². The summed E-state index contributed by atoms with van der Waals surface area (Å²) in [5.41, 5.74) is 3.75. The van der Waals surface area contributed by atoms with Crippen LogP contribution in [0.5, 0.6) is 5.75 Å². The van der Waals surface area contributed by atoms with E-state index in [0.29, 0.717) is 0 Å². The highest BCUT2D eigenvalue weighted by Gasteiger charge is 2.26. The third-order valence-corrected chi connectivity index (χ3v) is 5.20. The average molecular weight is 341 g/mol. The predicted molar refractivity (Wildman–Crippen MR) is 99.3 cm³/mol. The van der Waals surface area contributed by atoms with E-state index in [4.69, 9.17) is 0 Å². The first kappa shape index (κ1) is 17.9. The predicted octanol–water partition coefficient (Wildman–Crippen LogP) is 3.08. The summed E-state index contributed by atoms with van der Waals surface area (Å²) in [5.74, 6) is 0.208. The molecule has 1 aromatic rings. The summed E-state index contributed by atoms with van der Waals surface area (Å²) < 4.78 is 0. The first-order valence-corrected chi connectivity index (χ1v) is 9.00. The van der Waals surface area contributed by atoms with Gasteiger partial charge in [0.25, 0.3) is 0 Å². The number of likely N-dealkylation sites (tertiary alicyclic amines) is 1. The topological polar surface area (TPSA) is 63.9 Å². The molecule has 3 N–H and O–H groups in total. The quantitative estimate of drug-likeness (QED) is 0.790. The van der Waals surface area contributed by atoms with E-state index in [1.807, 2.05) is 6.92 Å². The van der Waals surface area contributed by atoms with E-state index in [1.165, 1.54) is 17.6 Å². The number of benzene rings is 1. The summed E-state index contributed by atoms with van der Waals surface area (Å²) in [5, 5.41) is 29.0. The van der Waals surface area contributed by atoms with E-state index >= 15 is 0 Å². The maximum atomic E-state index is 10.3. The van der Waals surface area contributed by atoms with Gasteiger partial charge >= 0.3 is 0 Å². The lowest BCUT2D eigenvalue weighted by Gasteiger charge is -2.36. The monoisotopic (exact) mass is 341 g/mol. The third kappa shape index (κ3) is 4.60. The number of phenolic OH excluding ortho intramolecular Hbond substituents is 1. The molecular weight excluding hydrogens is 314 g/mol. The molecule has 0 unspecified atom stereocenters. The molecule has 4 nitrogen and oxygen atoms in total. The zero-order valence-corrected chi connectivity index (χ0v) is 14.7. The van der Waals surface area contributed by atoms with E-state index in [0.717, 1.165) is 31.5 Å². The highest BCUT2D eigenvalue weighted by molar-refractivity contribution is 5.49. The zero-order valence-electron chi connectivity index (χ0n) is 14.7. The van der Waals surface area contributed by atoms with Crippen molar-refractivity contribution in [1.82, 2.24) is 4.90 Å². The summed E-state index contributed by atoms with van der Waals surface area (Å²) in [4.78, 5) is 2.20. The number of phenols is 1. The van der Waals surface area contributed by atoms with Gasteiger partial charge in [-0.2, -0.15) is 0 Å². The van der Waals surface area contributed by atoms with Crippen molar-refractivity contribution in [2.45, 2.75) is 44.4 Å². The van der Waals surface area contributed by atoms with Crippen LogP contribution in [0.3, 0.4) is 0 Å². The lowest BCUT2D eigenvalue weighted by Crippen LogP contribution is -2.44. The molecule has 1 fully saturated rings. The number of rotatable bonds is 3. The van der Waals surface area contributed by atoms with E-state index in [1.54, 1.807) is 24.3 Å². The average Bonchev–Trinajstić information content (AvgIpc) is 3.28. The minimum atomic E-state index is -0.569. The Hall–Kier alpha value is -1.88. The van der Waals surface area contributed by atoms with Crippen molar-refractivity contribution < 1.29 is 15.3 Å². The number of fused-ring (bicyclic) bond motifs is 2. The molecule has 2 bridgehead atoms. The summed E-state index contributed by atoms with van der Waals surface area (Å²) in [6.07, 6.45) is 10.7. The van der Waals surface area contributed by atoms with E-state index in [2.05, 4.69) is 29.2 Å². The lowest BCUT2D eigenvalue weighted by atomic mass is 9.99. The van der Waals surface area contributed by atoms with Crippen LogP contribution in [0.1, 0.15) is 37.9 Å². The van der Waals surface area contributed by atoms with Crippen LogP contribution in [-0.2, 0) is 0 Å². The molecule has 1 heterocycles. The zero-order chi connectivity index (χ0) is 17.8. The molecule has 4 heteroatoms. The molecule has 0 amide bonds. The maximum Gasteiger partial charge on any atom is 0.115 e. The summed E-state index contributed by atoms with van der Waals surface area (Å²) in [6, 6.07) is 6.68. The SMILES string of the molecule is C1=CC2=CC=C1C2.C[C@@H]([C@@H](O)c1ccc(O)cc1)N1CCC(O)CC1. The Kier molecular flexibility index (Phi) is 5.74. The molecule has 3 aliphatic rings. The fourth-order valence-electron chi connectivity index (χ4n) is 3.45. The Balaban J connectivity index is 0.000000213. The van der Waals surface area contributed by atoms with Gasteiger partial charge in [-0.25, -0.2) is 0 Å². The molecule has 0 saturated carbocycles. The van der Waals surface area contributed by atoms with E-state index in [9.17, 15) is 15.3 Å². The number of aromatic hydroxyl groups is 1. The van der Waals surface area contributed by atoms with Crippen LogP contribution < -0.4 is 0 Å². The summed E-state index contributed by atoms with van der Waals surface area (Å²) in [6.45, 7) is 3.63. The molecule has 2 atom stereocenters. The number of hydrogen-bond donors (Lipinski definition) is 3. The smallest absolute Gasteiger partial charge is 0.115 e. The van der Waals surface area contributed by atoms with Gasteiger partial charge in [0.05, 0.1) is 12.2 Å². The van der Waals surface area contributed by atoms with Gasteiger partial charge in [0.2, 0.25) is 0 Å². The lowest BCUT2D eigenvalue weighted by molar-refractivity contribution is 0.0139. The van der Waals surface area contributed by atoms with Crippen LogP contribution in [0.4, 0.5) is 0 Å². The highest BCUT2D eigenvalue weighted by Crippen LogP contribution is 2.27. The van der Waals surface area contributed by atoms with Gasteiger partial charge in [0.1, 0.15) is 5.75 Å². The van der Waals surface area contributed by atoms with Crippen molar-refractivity contribution in [2.24, 2.45) is 0 Å². The minimum Gasteiger partial charge on any atom is -0.508 e. The van der Waals surface area contributed by atoms with E-state index < -0.39 is 6.10 Å². The second-order valence-electron chi connectivity index (χ2n) is 7.04. The molecule has 4 rings (SSSR count). The molecule has 2 aliphatic carbocycles. The van der Waals surface area contributed by atoms with Crippen molar-refractivity contribution >= 4 is 0 Å². The summed E-state index contributed by atoms with van der Waals surface area (Å²) >= 11 is 0. The second kappa shape index (κ2) is 8.00. The molecule has 0 spiro atoms. The van der Waals surface area contributed by atoms with Crippen molar-refractivity contribution in [1.29, 1.82) is 0 Å². The number of nitrogens with zero attached hydrogens (tertiary/aromatic N) is 1. The van der Waals surface area contributed by atoms with E-state index in [-0.39, 0.29) is 17.9 Å². The number of allylic oxidation sites excluding steroid dienone is 6. The Bertz CT molecular complexity index is 647. The number of aliphatic hydroxyl groups is 2.